The molecule has 0 rings (SSSR count). The van der Waals surface area contributed by atoms with Crippen molar-refractivity contribution in [2.75, 3.05) is 6.61 Å². The summed E-state index contributed by atoms with van der Waals surface area (Å²) in [5.74, 6) is 0. The third-order valence-corrected chi connectivity index (χ3v) is 1.56. The summed E-state index contributed by atoms with van der Waals surface area (Å²) in [5, 5.41) is 43.5. The Labute approximate surface area is 69.9 Å². The van der Waals surface area contributed by atoms with Gasteiger partial charge in [0.25, 0.3) is 0 Å². The predicted octanol–water partition coefficient (Wildman–Crippen LogP) is -3.27. The van der Waals surface area contributed by atoms with Gasteiger partial charge in [-0.3, -0.25) is 0 Å². The van der Waals surface area contributed by atoms with E-state index in [1.54, 1.807) is 0 Å². The lowest BCUT2D eigenvalue weighted by Crippen LogP contribution is -2.50. The number of hydrogen-bond donors (Lipinski definition) is 6. The van der Waals surface area contributed by atoms with Crippen LogP contribution in [-0.2, 0) is 0 Å². The minimum Gasteiger partial charge on any atom is -0.396 e. The molecule has 0 saturated heterocycles. The molecule has 0 amide bonds. The summed E-state index contributed by atoms with van der Waals surface area (Å²) in [7, 11) is 0. The molecule has 0 aliphatic heterocycles. The van der Waals surface area contributed by atoms with Gasteiger partial charge in [0.2, 0.25) is 0 Å². The van der Waals surface area contributed by atoms with Crippen LogP contribution >= 0.6 is 0 Å². The average Bonchev–Trinajstić information content (AvgIpc) is 2.02. The van der Waals surface area contributed by atoms with Crippen molar-refractivity contribution >= 4 is 0 Å². The van der Waals surface area contributed by atoms with Crippen LogP contribution in [0.2, 0.25) is 0 Å². The van der Waals surface area contributed by atoms with E-state index in [9.17, 15) is 0 Å². The van der Waals surface area contributed by atoms with Crippen LogP contribution in [0.5, 0.6) is 0 Å². The summed E-state index contributed by atoms with van der Waals surface area (Å²) in [6.07, 6.45) is -4.63. The van der Waals surface area contributed by atoms with E-state index in [0.717, 1.165) is 0 Å². The molecule has 6 nitrogen and oxygen atoms in total. The summed E-state index contributed by atoms with van der Waals surface area (Å²) >= 11 is 0. The number of hydrogen-bond acceptors (Lipinski definition) is 6. The molecule has 1 unspecified atom stereocenters. The lowest BCUT2D eigenvalue weighted by Gasteiger charge is -2.24. The van der Waals surface area contributed by atoms with E-state index in [4.69, 9.17) is 31.3 Å². The second-order valence-corrected chi connectivity index (χ2v) is 2.56. The van der Waals surface area contributed by atoms with Gasteiger partial charge in [-0.1, -0.05) is 0 Å². The van der Waals surface area contributed by atoms with Gasteiger partial charge in [0.05, 0.1) is 18.2 Å². The standard InChI is InChI=1S/C6H15NO5/c7-4(6(11)12)5(10)3(9)1-2-8/h3-6,8-12H,1-2,7H2/t3-,4?,5+/m1/s1. The fraction of sp³-hybridized carbons (Fsp3) is 1.00. The Balaban J connectivity index is 3.90. The van der Waals surface area contributed by atoms with Crippen molar-refractivity contribution < 1.29 is 25.5 Å². The van der Waals surface area contributed by atoms with E-state index in [1.165, 1.54) is 0 Å². The van der Waals surface area contributed by atoms with Crippen LogP contribution in [0.25, 0.3) is 0 Å². The third kappa shape index (κ3) is 3.44. The lowest BCUT2D eigenvalue weighted by molar-refractivity contribution is -0.111. The Morgan fingerprint density at radius 2 is 1.58 bits per heavy atom. The molecule has 0 aromatic rings. The molecule has 0 radical (unpaired) electrons. The van der Waals surface area contributed by atoms with Crippen molar-refractivity contribution in [3.8, 4) is 0 Å². The zero-order valence-corrected chi connectivity index (χ0v) is 6.54. The average molecular weight is 181 g/mol. The van der Waals surface area contributed by atoms with Crippen molar-refractivity contribution in [3.63, 3.8) is 0 Å². The SMILES string of the molecule is NC(C(O)O)[C@@H](O)[C@H](O)CCO. The quantitative estimate of drug-likeness (QED) is 0.247. The Morgan fingerprint density at radius 1 is 1.08 bits per heavy atom. The largest absolute Gasteiger partial charge is 0.396 e. The van der Waals surface area contributed by atoms with E-state index in [2.05, 4.69) is 0 Å². The summed E-state index contributed by atoms with van der Waals surface area (Å²) < 4.78 is 0. The number of aliphatic hydroxyl groups excluding tert-OH is 4. The first-order valence-electron chi connectivity index (χ1n) is 3.59. The number of rotatable bonds is 5. The van der Waals surface area contributed by atoms with Crippen LogP contribution in [0, 0.1) is 0 Å². The maximum Gasteiger partial charge on any atom is 0.169 e. The zero-order chi connectivity index (χ0) is 9.72. The van der Waals surface area contributed by atoms with E-state index in [1.807, 2.05) is 0 Å². The van der Waals surface area contributed by atoms with Crippen molar-refractivity contribution in [1.29, 1.82) is 0 Å². The molecule has 12 heavy (non-hydrogen) atoms. The first kappa shape index (κ1) is 11.8. The maximum absolute atomic E-state index is 9.08. The topological polar surface area (TPSA) is 127 Å². The van der Waals surface area contributed by atoms with Gasteiger partial charge in [-0.05, 0) is 6.42 Å². The molecule has 0 saturated carbocycles. The van der Waals surface area contributed by atoms with Gasteiger partial charge in [-0.2, -0.15) is 0 Å². The van der Waals surface area contributed by atoms with Crippen LogP contribution in [0.4, 0.5) is 0 Å². The molecular formula is C6H15NO5. The molecule has 0 aromatic carbocycles. The lowest BCUT2D eigenvalue weighted by atomic mass is 10.0. The first-order valence-corrected chi connectivity index (χ1v) is 3.59. The van der Waals surface area contributed by atoms with Gasteiger partial charge in [0, 0.05) is 6.61 Å². The molecule has 0 bridgehead atoms. The van der Waals surface area contributed by atoms with Gasteiger partial charge in [-0.25, -0.2) is 0 Å². The summed E-state index contributed by atoms with van der Waals surface area (Å²) in [5.41, 5.74) is 5.10. The van der Waals surface area contributed by atoms with Crippen molar-refractivity contribution in [2.24, 2.45) is 5.73 Å². The fourth-order valence-corrected chi connectivity index (χ4v) is 0.736. The number of nitrogens with two attached hydrogens (primary N) is 1. The van der Waals surface area contributed by atoms with Crippen LogP contribution in [0.1, 0.15) is 6.42 Å². The van der Waals surface area contributed by atoms with Gasteiger partial charge in [-0.15, -0.1) is 0 Å². The highest BCUT2D eigenvalue weighted by molar-refractivity contribution is 4.79. The minimum atomic E-state index is -1.88. The Kier molecular flexibility index (Phi) is 5.31. The van der Waals surface area contributed by atoms with Gasteiger partial charge < -0.3 is 31.3 Å². The van der Waals surface area contributed by atoms with Gasteiger partial charge >= 0.3 is 0 Å². The maximum atomic E-state index is 9.08. The molecule has 0 aliphatic rings. The Bertz CT molecular complexity index is 121. The molecule has 74 valence electrons. The monoisotopic (exact) mass is 181 g/mol. The molecular weight excluding hydrogens is 166 g/mol. The highest BCUT2D eigenvalue weighted by Gasteiger charge is 2.27. The summed E-state index contributed by atoms with van der Waals surface area (Å²) in [6, 6.07) is -1.33. The predicted molar refractivity (Wildman–Crippen MR) is 39.9 cm³/mol. The minimum absolute atomic E-state index is 0.0540. The molecule has 6 heteroatoms. The van der Waals surface area contributed by atoms with Crippen LogP contribution in [0.3, 0.4) is 0 Å². The highest BCUT2D eigenvalue weighted by atomic mass is 16.5. The molecule has 0 fully saturated rings. The highest BCUT2D eigenvalue weighted by Crippen LogP contribution is 2.03. The summed E-state index contributed by atoms with van der Waals surface area (Å²) in [6.45, 7) is -0.299. The Morgan fingerprint density at radius 3 is 1.92 bits per heavy atom. The number of aliphatic hydroxyl groups is 5. The summed E-state index contributed by atoms with van der Waals surface area (Å²) in [4.78, 5) is 0. The molecule has 3 atom stereocenters. The van der Waals surface area contributed by atoms with Crippen molar-refractivity contribution in [1.82, 2.24) is 0 Å². The van der Waals surface area contributed by atoms with Crippen LogP contribution in [-0.4, -0.2) is 56.7 Å². The van der Waals surface area contributed by atoms with E-state index >= 15 is 0 Å². The van der Waals surface area contributed by atoms with E-state index < -0.39 is 24.5 Å². The smallest absolute Gasteiger partial charge is 0.169 e. The molecule has 0 aliphatic carbocycles. The molecule has 0 spiro atoms. The van der Waals surface area contributed by atoms with Gasteiger partial charge in [0.15, 0.2) is 6.29 Å². The molecule has 0 heterocycles. The fourth-order valence-electron chi connectivity index (χ4n) is 0.736. The second kappa shape index (κ2) is 5.41. The van der Waals surface area contributed by atoms with E-state index in [-0.39, 0.29) is 13.0 Å². The third-order valence-electron chi connectivity index (χ3n) is 1.56. The zero-order valence-electron chi connectivity index (χ0n) is 6.54. The first-order chi connectivity index (χ1) is 5.50. The second-order valence-electron chi connectivity index (χ2n) is 2.56. The molecule has 7 N–H and O–H groups in total. The van der Waals surface area contributed by atoms with E-state index in [0.29, 0.717) is 0 Å². The normalized spacial score (nSPS) is 19.2. The van der Waals surface area contributed by atoms with Crippen molar-refractivity contribution in [2.45, 2.75) is 31.0 Å². The molecule has 0 aromatic heterocycles. The van der Waals surface area contributed by atoms with Crippen LogP contribution < -0.4 is 5.73 Å². The van der Waals surface area contributed by atoms with Crippen molar-refractivity contribution in [3.05, 3.63) is 0 Å². The Hall–Kier alpha value is -0.240. The van der Waals surface area contributed by atoms with Gasteiger partial charge in [0.1, 0.15) is 0 Å². The van der Waals surface area contributed by atoms with Crippen LogP contribution in [0.15, 0.2) is 0 Å².